The number of aromatic nitrogens is 1. The van der Waals surface area contributed by atoms with E-state index in [4.69, 9.17) is 11.6 Å². The number of hydrogen-bond acceptors (Lipinski definition) is 4. The Morgan fingerprint density at radius 2 is 1.88 bits per heavy atom. The molecule has 0 saturated carbocycles. The van der Waals surface area contributed by atoms with E-state index in [1.165, 1.54) is 0 Å². The molecule has 1 fully saturated rings. The zero-order valence-electron chi connectivity index (χ0n) is 14.9. The number of likely N-dealkylation sites (N-methyl/N-ethyl adjacent to an activating group) is 1. The van der Waals surface area contributed by atoms with Gasteiger partial charge in [-0.2, -0.15) is 0 Å². The summed E-state index contributed by atoms with van der Waals surface area (Å²) >= 11 is 6.07. The van der Waals surface area contributed by atoms with Gasteiger partial charge in [0, 0.05) is 48.5 Å². The molecular formula is C19H25ClN4O. The first-order valence-corrected chi connectivity index (χ1v) is 9.29. The number of fused-ring (bicyclic) bond motifs is 1. The van der Waals surface area contributed by atoms with Crippen LogP contribution in [0.25, 0.3) is 10.9 Å². The SMILES string of the molecule is CCN(CC)CC(=O)N1CCN(c2ccnc3cc(Cl)ccc23)CC1. The molecule has 1 aliphatic rings. The van der Waals surface area contributed by atoms with Gasteiger partial charge in [0.2, 0.25) is 5.91 Å². The predicted octanol–water partition coefficient (Wildman–Crippen LogP) is 2.88. The van der Waals surface area contributed by atoms with E-state index in [-0.39, 0.29) is 5.91 Å². The number of piperazine rings is 1. The Hall–Kier alpha value is -1.85. The molecule has 0 atom stereocenters. The molecule has 0 bridgehead atoms. The largest absolute Gasteiger partial charge is 0.367 e. The Morgan fingerprint density at radius 3 is 2.56 bits per heavy atom. The van der Waals surface area contributed by atoms with Gasteiger partial charge in [0.25, 0.3) is 0 Å². The van der Waals surface area contributed by atoms with Crippen molar-refractivity contribution in [3.63, 3.8) is 0 Å². The van der Waals surface area contributed by atoms with E-state index in [1.54, 1.807) is 0 Å². The fourth-order valence-electron chi connectivity index (χ4n) is 3.32. The first-order valence-electron chi connectivity index (χ1n) is 8.91. The van der Waals surface area contributed by atoms with E-state index >= 15 is 0 Å². The van der Waals surface area contributed by atoms with Crippen molar-refractivity contribution in [1.82, 2.24) is 14.8 Å². The third-order valence-corrected chi connectivity index (χ3v) is 5.14. The summed E-state index contributed by atoms with van der Waals surface area (Å²) in [5.74, 6) is 0.231. The molecule has 1 aliphatic heterocycles. The summed E-state index contributed by atoms with van der Waals surface area (Å²) < 4.78 is 0. The van der Waals surface area contributed by atoms with Crippen molar-refractivity contribution in [2.24, 2.45) is 0 Å². The molecule has 0 unspecified atom stereocenters. The molecule has 5 nitrogen and oxygen atoms in total. The van der Waals surface area contributed by atoms with Crippen molar-refractivity contribution in [1.29, 1.82) is 0 Å². The maximum atomic E-state index is 12.5. The van der Waals surface area contributed by atoms with Crippen LogP contribution >= 0.6 is 11.6 Å². The highest BCUT2D eigenvalue weighted by Gasteiger charge is 2.23. The van der Waals surface area contributed by atoms with E-state index in [2.05, 4.69) is 28.6 Å². The summed E-state index contributed by atoms with van der Waals surface area (Å²) in [6, 6.07) is 7.87. The summed E-state index contributed by atoms with van der Waals surface area (Å²) in [5.41, 5.74) is 2.07. The number of benzene rings is 1. The molecule has 1 amide bonds. The summed E-state index contributed by atoms with van der Waals surface area (Å²) in [5, 5.41) is 1.80. The Labute approximate surface area is 154 Å². The third kappa shape index (κ3) is 4.05. The number of carbonyl (C=O) groups excluding carboxylic acids is 1. The van der Waals surface area contributed by atoms with Crippen LogP contribution < -0.4 is 4.90 Å². The number of anilines is 1. The van der Waals surface area contributed by atoms with Crippen LogP contribution in [0.3, 0.4) is 0 Å². The van der Waals surface area contributed by atoms with E-state index in [0.717, 1.165) is 55.9 Å². The third-order valence-electron chi connectivity index (χ3n) is 4.91. The molecule has 0 N–H and O–H groups in total. The maximum Gasteiger partial charge on any atom is 0.236 e. The minimum absolute atomic E-state index is 0.231. The van der Waals surface area contributed by atoms with E-state index in [9.17, 15) is 4.79 Å². The van der Waals surface area contributed by atoms with Gasteiger partial charge in [-0.3, -0.25) is 14.7 Å². The van der Waals surface area contributed by atoms with E-state index in [1.807, 2.05) is 35.4 Å². The fourth-order valence-corrected chi connectivity index (χ4v) is 3.48. The zero-order valence-corrected chi connectivity index (χ0v) is 15.7. The van der Waals surface area contributed by atoms with Gasteiger partial charge in [-0.25, -0.2) is 0 Å². The van der Waals surface area contributed by atoms with Gasteiger partial charge < -0.3 is 9.80 Å². The first-order chi connectivity index (χ1) is 12.1. The van der Waals surface area contributed by atoms with Crippen LogP contribution in [0.1, 0.15) is 13.8 Å². The second kappa shape index (κ2) is 8.02. The summed E-state index contributed by atoms with van der Waals surface area (Å²) in [6.45, 7) is 9.72. The second-order valence-corrected chi connectivity index (χ2v) is 6.76. The van der Waals surface area contributed by atoms with Gasteiger partial charge in [0.05, 0.1) is 12.1 Å². The molecule has 3 rings (SSSR count). The lowest BCUT2D eigenvalue weighted by atomic mass is 10.1. The monoisotopic (exact) mass is 360 g/mol. The lowest BCUT2D eigenvalue weighted by Gasteiger charge is -2.37. The molecule has 25 heavy (non-hydrogen) atoms. The van der Waals surface area contributed by atoms with Gasteiger partial charge in [0.15, 0.2) is 0 Å². The topological polar surface area (TPSA) is 39.7 Å². The number of amides is 1. The Bertz CT molecular complexity index is 739. The van der Waals surface area contributed by atoms with Crippen LogP contribution in [0, 0.1) is 0 Å². The van der Waals surface area contributed by atoms with Gasteiger partial charge in [0.1, 0.15) is 0 Å². The number of hydrogen-bond donors (Lipinski definition) is 0. The van der Waals surface area contributed by atoms with Crippen LogP contribution in [-0.4, -0.2) is 66.5 Å². The average Bonchev–Trinajstić information content (AvgIpc) is 2.65. The van der Waals surface area contributed by atoms with Gasteiger partial charge >= 0.3 is 0 Å². The molecule has 6 heteroatoms. The minimum Gasteiger partial charge on any atom is -0.367 e. The average molecular weight is 361 g/mol. The standard InChI is InChI=1S/C19H25ClN4O/c1-3-22(4-2)14-19(25)24-11-9-23(10-12-24)18-7-8-21-17-13-15(20)5-6-16(17)18/h5-8,13H,3-4,9-12,14H2,1-2H3. The highest BCUT2D eigenvalue weighted by atomic mass is 35.5. The molecule has 1 aromatic heterocycles. The number of pyridine rings is 1. The molecule has 134 valence electrons. The van der Waals surface area contributed by atoms with Crippen molar-refractivity contribution < 1.29 is 4.79 Å². The lowest BCUT2D eigenvalue weighted by molar-refractivity contribution is -0.132. The van der Waals surface area contributed by atoms with Crippen molar-refractivity contribution in [3.05, 3.63) is 35.5 Å². The van der Waals surface area contributed by atoms with E-state index < -0.39 is 0 Å². The van der Waals surface area contributed by atoms with Crippen LogP contribution in [-0.2, 0) is 4.79 Å². The smallest absolute Gasteiger partial charge is 0.236 e. The van der Waals surface area contributed by atoms with Gasteiger partial charge in [-0.1, -0.05) is 25.4 Å². The molecule has 1 aromatic carbocycles. The minimum atomic E-state index is 0.231. The second-order valence-electron chi connectivity index (χ2n) is 6.32. The number of halogens is 1. The van der Waals surface area contributed by atoms with Crippen LogP contribution in [0.2, 0.25) is 5.02 Å². The number of rotatable bonds is 5. The molecule has 0 radical (unpaired) electrons. The van der Waals surface area contributed by atoms with Crippen LogP contribution in [0.15, 0.2) is 30.5 Å². The van der Waals surface area contributed by atoms with Crippen molar-refractivity contribution in [3.8, 4) is 0 Å². The number of carbonyl (C=O) groups is 1. The quantitative estimate of drug-likeness (QED) is 0.822. The Kier molecular flexibility index (Phi) is 5.76. The predicted molar refractivity (Wildman–Crippen MR) is 103 cm³/mol. The zero-order chi connectivity index (χ0) is 17.8. The Morgan fingerprint density at radius 1 is 1.16 bits per heavy atom. The van der Waals surface area contributed by atoms with Crippen molar-refractivity contribution >= 4 is 34.1 Å². The number of nitrogens with zero attached hydrogens (tertiary/aromatic N) is 4. The van der Waals surface area contributed by atoms with Crippen LogP contribution in [0.5, 0.6) is 0 Å². The maximum absolute atomic E-state index is 12.5. The molecule has 0 aliphatic carbocycles. The van der Waals surface area contributed by atoms with Crippen molar-refractivity contribution in [2.75, 3.05) is 50.7 Å². The van der Waals surface area contributed by atoms with Gasteiger partial charge in [-0.15, -0.1) is 0 Å². The summed E-state index contributed by atoms with van der Waals surface area (Å²) in [4.78, 5) is 23.3. The highest BCUT2D eigenvalue weighted by molar-refractivity contribution is 6.31. The first kappa shape index (κ1) is 18.0. The molecular weight excluding hydrogens is 336 g/mol. The molecule has 1 saturated heterocycles. The fraction of sp³-hybridized carbons (Fsp3) is 0.474. The normalized spacial score (nSPS) is 15.2. The van der Waals surface area contributed by atoms with Crippen LogP contribution in [0.4, 0.5) is 5.69 Å². The van der Waals surface area contributed by atoms with E-state index in [0.29, 0.717) is 11.6 Å². The molecule has 0 spiro atoms. The molecule has 2 aromatic rings. The Balaban J connectivity index is 1.68. The summed E-state index contributed by atoms with van der Waals surface area (Å²) in [7, 11) is 0. The summed E-state index contributed by atoms with van der Waals surface area (Å²) in [6.07, 6.45) is 1.83. The highest BCUT2D eigenvalue weighted by Crippen LogP contribution is 2.28. The van der Waals surface area contributed by atoms with Gasteiger partial charge in [-0.05, 0) is 37.4 Å². The molecule has 2 heterocycles. The lowest BCUT2D eigenvalue weighted by Crippen LogP contribution is -2.51. The van der Waals surface area contributed by atoms with Crippen molar-refractivity contribution in [2.45, 2.75) is 13.8 Å².